The van der Waals surface area contributed by atoms with Crippen LogP contribution in [0.4, 0.5) is 0 Å². The first kappa shape index (κ1) is 12.1. The summed E-state index contributed by atoms with van der Waals surface area (Å²) in [5.41, 5.74) is 0.349. The van der Waals surface area contributed by atoms with Gasteiger partial charge in [-0.2, -0.15) is 4.89 Å². The molecular formula is C9H16O4. The van der Waals surface area contributed by atoms with Crippen LogP contribution in [0.2, 0.25) is 0 Å². The lowest BCUT2D eigenvalue weighted by Crippen LogP contribution is -1.94. The molecule has 1 aliphatic carbocycles. The van der Waals surface area contributed by atoms with Crippen molar-refractivity contribution in [3.63, 3.8) is 0 Å². The van der Waals surface area contributed by atoms with Crippen molar-refractivity contribution in [2.45, 2.75) is 27.2 Å². The Bertz CT molecular complexity index is 186. The minimum Gasteiger partial charge on any atom is -0.303 e. The summed E-state index contributed by atoms with van der Waals surface area (Å²) in [5, 5.41) is 0. The number of aldehydes is 1. The molecule has 13 heavy (non-hydrogen) atoms. The van der Waals surface area contributed by atoms with E-state index in [1.807, 2.05) is 0 Å². The minimum atomic E-state index is -0.433. The van der Waals surface area contributed by atoms with E-state index in [0.29, 0.717) is 11.3 Å². The molecule has 0 aromatic carbocycles. The molecule has 0 spiro atoms. The zero-order valence-electron chi connectivity index (χ0n) is 8.49. The first-order valence-electron chi connectivity index (χ1n) is 4.10. The predicted molar refractivity (Wildman–Crippen MR) is 46.7 cm³/mol. The highest BCUT2D eigenvalue weighted by molar-refractivity contribution is 5.65. The molecule has 4 heteroatoms. The van der Waals surface area contributed by atoms with E-state index >= 15 is 0 Å². The molecule has 0 aromatic rings. The quantitative estimate of drug-likeness (QED) is 0.373. The van der Waals surface area contributed by atoms with Crippen LogP contribution in [0, 0.1) is 11.3 Å². The fourth-order valence-corrected chi connectivity index (χ4v) is 0.858. The lowest BCUT2D eigenvalue weighted by molar-refractivity contribution is -0.252. The summed E-state index contributed by atoms with van der Waals surface area (Å²) in [6, 6.07) is 0. The van der Waals surface area contributed by atoms with Gasteiger partial charge in [-0.15, -0.1) is 0 Å². The average Bonchev–Trinajstić information content (AvgIpc) is 2.60. The second-order valence-corrected chi connectivity index (χ2v) is 3.68. The zero-order chi connectivity index (χ0) is 10.5. The van der Waals surface area contributed by atoms with Crippen LogP contribution in [-0.4, -0.2) is 19.4 Å². The summed E-state index contributed by atoms with van der Waals surface area (Å²) < 4.78 is 0. The van der Waals surface area contributed by atoms with Gasteiger partial charge in [-0.1, -0.05) is 13.8 Å². The molecule has 0 heterocycles. The van der Waals surface area contributed by atoms with E-state index in [4.69, 9.17) is 0 Å². The minimum absolute atomic E-state index is 0.349. The summed E-state index contributed by atoms with van der Waals surface area (Å²) in [5.74, 6) is -0.0648. The molecule has 0 aromatic heterocycles. The lowest BCUT2D eigenvalue weighted by atomic mass is 10.1. The third-order valence-corrected chi connectivity index (χ3v) is 1.95. The zero-order valence-corrected chi connectivity index (χ0v) is 8.49. The molecule has 4 nitrogen and oxygen atoms in total. The van der Waals surface area contributed by atoms with Gasteiger partial charge in [-0.25, -0.2) is 4.79 Å². The highest BCUT2D eigenvalue weighted by Gasteiger charge is 2.45. The summed E-state index contributed by atoms with van der Waals surface area (Å²) in [6.45, 7) is 5.50. The molecule has 1 aliphatic rings. The van der Waals surface area contributed by atoms with Gasteiger partial charge in [0, 0.05) is 12.8 Å². The molecule has 0 saturated heterocycles. The number of hydrogen-bond donors (Lipinski definition) is 0. The van der Waals surface area contributed by atoms with Crippen molar-refractivity contribution in [2.24, 2.45) is 11.3 Å². The molecular weight excluding hydrogens is 172 g/mol. The molecule has 0 bridgehead atoms. The van der Waals surface area contributed by atoms with E-state index in [-0.39, 0.29) is 0 Å². The molecule has 0 aliphatic heterocycles. The van der Waals surface area contributed by atoms with Crippen LogP contribution in [0.1, 0.15) is 27.2 Å². The van der Waals surface area contributed by atoms with Crippen LogP contribution in [0.25, 0.3) is 0 Å². The van der Waals surface area contributed by atoms with Crippen molar-refractivity contribution in [3.8, 4) is 0 Å². The average molecular weight is 188 g/mol. The van der Waals surface area contributed by atoms with E-state index in [1.165, 1.54) is 14.0 Å². The van der Waals surface area contributed by atoms with E-state index in [2.05, 4.69) is 23.6 Å². The van der Waals surface area contributed by atoms with Gasteiger partial charge < -0.3 is 4.79 Å². The van der Waals surface area contributed by atoms with Crippen LogP contribution >= 0.6 is 0 Å². The van der Waals surface area contributed by atoms with Gasteiger partial charge in [0.2, 0.25) is 0 Å². The van der Waals surface area contributed by atoms with Crippen molar-refractivity contribution in [3.05, 3.63) is 0 Å². The van der Waals surface area contributed by atoms with Crippen molar-refractivity contribution < 1.29 is 19.4 Å². The number of hydrogen-bond acceptors (Lipinski definition) is 4. The maximum Gasteiger partial charge on any atom is 0.339 e. The SMILES string of the molecule is CC1(C)CC1C=O.COOC(C)=O. The summed E-state index contributed by atoms with van der Waals surface area (Å²) in [7, 11) is 1.28. The Balaban J connectivity index is 0.000000226. The van der Waals surface area contributed by atoms with Crippen molar-refractivity contribution >= 4 is 12.3 Å². The maximum atomic E-state index is 9.98. The molecule has 76 valence electrons. The molecule has 1 saturated carbocycles. The Kier molecular flexibility index (Phi) is 4.62. The number of rotatable bonds is 2. The predicted octanol–water partition coefficient (Wildman–Crippen LogP) is 1.34. The molecule has 0 radical (unpaired) electrons. The van der Waals surface area contributed by atoms with Crippen molar-refractivity contribution in [1.82, 2.24) is 0 Å². The van der Waals surface area contributed by atoms with Crippen LogP contribution < -0.4 is 0 Å². The van der Waals surface area contributed by atoms with Gasteiger partial charge in [-0.3, -0.25) is 4.89 Å². The first-order valence-corrected chi connectivity index (χ1v) is 4.10. The molecule has 0 amide bonds. The largest absolute Gasteiger partial charge is 0.339 e. The Labute approximate surface area is 78.1 Å². The van der Waals surface area contributed by atoms with E-state index in [0.717, 1.165) is 12.7 Å². The van der Waals surface area contributed by atoms with Crippen LogP contribution in [0.15, 0.2) is 0 Å². The second kappa shape index (κ2) is 4.97. The lowest BCUT2D eigenvalue weighted by Gasteiger charge is -1.91. The summed E-state index contributed by atoms with van der Waals surface area (Å²) >= 11 is 0. The molecule has 1 unspecified atom stereocenters. The van der Waals surface area contributed by atoms with Gasteiger partial charge in [0.15, 0.2) is 0 Å². The molecule has 1 atom stereocenters. The third-order valence-electron chi connectivity index (χ3n) is 1.95. The number of carbonyl (C=O) groups is 2. The van der Waals surface area contributed by atoms with Crippen molar-refractivity contribution in [1.29, 1.82) is 0 Å². The van der Waals surface area contributed by atoms with Crippen LogP contribution in [-0.2, 0) is 19.4 Å². The monoisotopic (exact) mass is 188 g/mol. The molecule has 1 fully saturated rings. The van der Waals surface area contributed by atoms with E-state index < -0.39 is 5.97 Å². The van der Waals surface area contributed by atoms with Gasteiger partial charge in [0.1, 0.15) is 6.29 Å². The topological polar surface area (TPSA) is 52.6 Å². The van der Waals surface area contributed by atoms with Gasteiger partial charge in [0.05, 0.1) is 7.11 Å². The number of carbonyl (C=O) groups excluding carboxylic acids is 2. The fraction of sp³-hybridized carbons (Fsp3) is 0.778. The Hall–Kier alpha value is -0.900. The highest BCUT2D eigenvalue weighted by atomic mass is 17.2. The Morgan fingerprint density at radius 2 is 2.00 bits per heavy atom. The molecule has 0 N–H and O–H groups in total. The smallest absolute Gasteiger partial charge is 0.303 e. The Morgan fingerprint density at radius 1 is 1.54 bits per heavy atom. The standard InChI is InChI=1S/C6H10O.C3H6O3/c1-6(2)3-5(6)4-7;1-3(4)6-5-2/h4-5H,3H2,1-2H3;1-2H3. The summed E-state index contributed by atoms with van der Waals surface area (Å²) in [6.07, 6.45) is 2.15. The normalized spacial score (nSPS) is 22.3. The van der Waals surface area contributed by atoms with Crippen LogP contribution in [0.3, 0.4) is 0 Å². The van der Waals surface area contributed by atoms with Crippen molar-refractivity contribution in [2.75, 3.05) is 7.11 Å². The highest BCUT2D eigenvalue weighted by Crippen LogP contribution is 2.49. The van der Waals surface area contributed by atoms with Gasteiger partial charge in [0.25, 0.3) is 0 Å². The van der Waals surface area contributed by atoms with Crippen LogP contribution in [0.5, 0.6) is 0 Å². The second-order valence-electron chi connectivity index (χ2n) is 3.68. The third kappa shape index (κ3) is 5.36. The van der Waals surface area contributed by atoms with E-state index in [1.54, 1.807) is 0 Å². The summed E-state index contributed by atoms with van der Waals surface area (Å²) in [4.78, 5) is 27.5. The van der Waals surface area contributed by atoms with Gasteiger partial charge in [-0.05, 0) is 11.8 Å². The first-order chi connectivity index (χ1) is 5.94. The molecule has 1 rings (SSSR count). The van der Waals surface area contributed by atoms with E-state index in [9.17, 15) is 9.59 Å². The Morgan fingerprint density at radius 3 is 2.00 bits per heavy atom. The maximum absolute atomic E-state index is 9.98. The van der Waals surface area contributed by atoms with Gasteiger partial charge >= 0.3 is 5.97 Å². The fourth-order valence-electron chi connectivity index (χ4n) is 0.858.